The van der Waals surface area contributed by atoms with Crippen molar-refractivity contribution in [1.82, 2.24) is 20.2 Å². The first-order valence-corrected chi connectivity index (χ1v) is 7.59. The van der Waals surface area contributed by atoms with Crippen molar-refractivity contribution in [1.29, 1.82) is 0 Å². The molecule has 25 heavy (non-hydrogen) atoms. The Balaban J connectivity index is 2.11. The van der Waals surface area contributed by atoms with Crippen LogP contribution in [-0.2, 0) is 11.8 Å². The maximum atomic E-state index is 13.1. The van der Waals surface area contributed by atoms with Crippen LogP contribution < -0.4 is 0 Å². The molecule has 0 fully saturated rings. The van der Waals surface area contributed by atoms with E-state index in [1.165, 1.54) is 16.8 Å². The van der Waals surface area contributed by atoms with Gasteiger partial charge in [0.2, 0.25) is 0 Å². The van der Waals surface area contributed by atoms with Crippen molar-refractivity contribution in [2.24, 2.45) is 7.05 Å². The van der Waals surface area contributed by atoms with E-state index in [-0.39, 0.29) is 5.82 Å². The van der Waals surface area contributed by atoms with Crippen LogP contribution in [0.1, 0.15) is 17.0 Å². The van der Waals surface area contributed by atoms with Crippen LogP contribution >= 0.6 is 0 Å². The number of halogens is 1. The lowest BCUT2D eigenvalue weighted by molar-refractivity contribution is -0.103. The zero-order valence-electron chi connectivity index (χ0n) is 13.5. The van der Waals surface area contributed by atoms with Crippen LogP contribution in [0, 0.1) is 5.82 Å². The van der Waals surface area contributed by atoms with Crippen LogP contribution in [0.15, 0.2) is 60.7 Å². The summed E-state index contributed by atoms with van der Waals surface area (Å²) in [4.78, 5) is 11.6. The molecule has 2 aromatic carbocycles. The van der Waals surface area contributed by atoms with Crippen LogP contribution in [0.4, 0.5) is 4.39 Å². The van der Waals surface area contributed by atoms with Gasteiger partial charge in [0.05, 0.1) is 0 Å². The molecule has 3 aromatic rings. The predicted molar refractivity (Wildman–Crippen MR) is 93.6 cm³/mol. The SMILES string of the molecule is Cn1nnnc1C(C=C(C=O)c1ccc(F)cc1)=Cc1ccccc1. The van der Waals surface area contributed by atoms with Gasteiger partial charge in [0.1, 0.15) is 5.82 Å². The standard InChI is InChI=1S/C19H15FN4O/c1-24-19(21-22-23-24)16(11-14-5-3-2-4-6-14)12-17(13-25)15-7-9-18(20)10-8-15/h2-13H,1H3. The first-order chi connectivity index (χ1) is 12.2. The van der Waals surface area contributed by atoms with Gasteiger partial charge in [-0.05, 0) is 45.8 Å². The first kappa shape index (κ1) is 16.4. The average molecular weight is 334 g/mol. The van der Waals surface area contributed by atoms with Crippen LogP contribution in [0.2, 0.25) is 0 Å². The zero-order valence-corrected chi connectivity index (χ0v) is 13.5. The largest absolute Gasteiger partial charge is 0.298 e. The molecule has 0 saturated carbocycles. The molecule has 0 aliphatic carbocycles. The van der Waals surface area contributed by atoms with Gasteiger partial charge in [-0.3, -0.25) is 4.79 Å². The summed E-state index contributed by atoms with van der Waals surface area (Å²) in [6.07, 6.45) is 4.31. The Kier molecular flexibility index (Phi) is 4.89. The third-order valence-electron chi connectivity index (χ3n) is 3.62. The van der Waals surface area contributed by atoms with E-state index in [4.69, 9.17) is 0 Å². The van der Waals surface area contributed by atoms with E-state index in [0.717, 1.165) is 11.8 Å². The summed E-state index contributed by atoms with van der Waals surface area (Å²) in [6.45, 7) is 0. The number of tetrazole rings is 1. The minimum Gasteiger partial charge on any atom is -0.298 e. The smallest absolute Gasteiger partial charge is 0.181 e. The molecule has 0 aliphatic rings. The third-order valence-corrected chi connectivity index (χ3v) is 3.62. The number of allylic oxidation sites excluding steroid dienone is 3. The molecular formula is C19H15FN4O. The lowest BCUT2D eigenvalue weighted by atomic mass is 10.0. The molecule has 3 rings (SSSR count). The number of nitrogens with zero attached hydrogens (tertiary/aromatic N) is 4. The second-order valence-corrected chi connectivity index (χ2v) is 5.36. The first-order valence-electron chi connectivity index (χ1n) is 7.59. The summed E-state index contributed by atoms with van der Waals surface area (Å²) >= 11 is 0. The molecular weight excluding hydrogens is 319 g/mol. The molecule has 1 heterocycles. The number of hydrogen-bond donors (Lipinski definition) is 0. The van der Waals surface area contributed by atoms with Gasteiger partial charge in [-0.15, -0.1) is 5.10 Å². The highest BCUT2D eigenvalue weighted by Crippen LogP contribution is 2.22. The summed E-state index contributed by atoms with van der Waals surface area (Å²) in [6, 6.07) is 15.4. The minimum absolute atomic E-state index is 0.355. The van der Waals surface area contributed by atoms with E-state index < -0.39 is 0 Å². The highest BCUT2D eigenvalue weighted by atomic mass is 19.1. The highest BCUT2D eigenvalue weighted by Gasteiger charge is 2.10. The molecule has 1 aromatic heterocycles. The summed E-state index contributed by atoms with van der Waals surface area (Å²) in [7, 11) is 1.72. The maximum Gasteiger partial charge on any atom is 0.181 e. The van der Waals surface area contributed by atoms with E-state index in [0.29, 0.717) is 22.5 Å². The fraction of sp³-hybridized carbons (Fsp3) is 0.0526. The Hall–Kier alpha value is -3.41. The normalized spacial score (nSPS) is 12.2. The summed E-state index contributed by atoms with van der Waals surface area (Å²) < 4.78 is 14.7. The lowest BCUT2D eigenvalue weighted by Gasteiger charge is -2.05. The van der Waals surface area contributed by atoms with Crippen LogP contribution in [-0.4, -0.2) is 26.5 Å². The fourth-order valence-electron chi connectivity index (χ4n) is 2.37. The monoisotopic (exact) mass is 334 g/mol. The van der Waals surface area contributed by atoms with Gasteiger partial charge < -0.3 is 0 Å². The number of carbonyl (C=O) groups excluding carboxylic acids is 1. The van der Waals surface area contributed by atoms with Crippen molar-refractivity contribution in [3.63, 3.8) is 0 Å². The molecule has 0 aliphatic heterocycles. The molecule has 0 N–H and O–H groups in total. The van der Waals surface area contributed by atoms with Crippen LogP contribution in [0.25, 0.3) is 17.2 Å². The molecule has 0 amide bonds. The molecule has 6 heteroatoms. The molecule has 0 radical (unpaired) electrons. The molecule has 0 bridgehead atoms. The van der Waals surface area contributed by atoms with Gasteiger partial charge in [0, 0.05) is 18.2 Å². The Morgan fingerprint density at radius 1 is 1.04 bits per heavy atom. The molecule has 0 spiro atoms. The van der Waals surface area contributed by atoms with Gasteiger partial charge in [-0.2, -0.15) is 0 Å². The van der Waals surface area contributed by atoms with Gasteiger partial charge in [-0.1, -0.05) is 42.5 Å². The van der Waals surface area contributed by atoms with Gasteiger partial charge in [0.15, 0.2) is 12.1 Å². The van der Waals surface area contributed by atoms with Crippen LogP contribution in [0.5, 0.6) is 0 Å². The molecule has 0 unspecified atom stereocenters. The van der Waals surface area contributed by atoms with Gasteiger partial charge >= 0.3 is 0 Å². The maximum absolute atomic E-state index is 13.1. The third kappa shape index (κ3) is 3.92. The second kappa shape index (κ2) is 7.44. The summed E-state index contributed by atoms with van der Waals surface area (Å²) in [5, 5.41) is 11.5. The van der Waals surface area contributed by atoms with E-state index in [1.54, 1.807) is 25.3 Å². The van der Waals surface area contributed by atoms with E-state index >= 15 is 0 Å². The van der Waals surface area contributed by atoms with Crippen molar-refractivity contribution in [3.8, 4) is 0 Å². The van der Waals surface area contributed by atoms with Crippen LogP contribution in [0.3, 0.4) is 0 Å². The summed E-state index contributed by atoms with van der Waals surface area (Å²) in [5.74, 6) is 0.164. The second-order valence-electron chi connectivity index (χ2n) is 5.36. The Morgan fingerprint density at radius 3 is 2.36 bits per heavy atom. The Morgan fingerprint density at radius 2 is 1.76 bits per heavy atom. The number of carbonyl (C=O) groups is 1. The topological polar surface area (TPSA) is 60.7 Å². The molecule has 5 nitrogen and oxygen atoms in total. The van der Waals surface area contributed by atoms with Crippen molar-refractivity contribution < 1.29 is 9.18 Å². The van der Waals surface area contributed by atoms with E-state index in [1.807, 2.05) is 36.4 Å². The van der Waals surface area contributed by atoms with E-state index in [9.17, 15) is 9.18 Å². The van der Waals surface area contributed by atoms with Crippen molar-refractivity contribution >= 4 is 23.5 Å². The lowest BCUT2D eigenvalue weighted by Crippen LogP contribution is -1.99. The Labute approximate surface area is 144 Å². The Bertz CT molecular complexity index is 928. The van der Waals surface area contributed by atoms with Crippen molar-refractivity contribution in [3.05, 3.63) is 83.4 Å². The quantitative estimate of drug-likeness (QED) is 0.408. The van der Waals surface area contributed by atoms with Gasteiger partial charge in [-0.25, -0.2) is 9.07 Å². The molecule has 124 valence electrons. The fourth-order valence-corrected chi connectivity index (χ4v) is 2.37. The van der Waals surface area contributed by atoms with Gasteiger partial charge in [0.25, 0.3) is 0 Å². The van der Waals surface area contributed by atoms with Crippen molar-refractivity contribution in [2.45, 2.75) is 0 Å². The number of hydrogen-bond acceptors (Lipinski definition) is 4. The number of aldehydes is 1. The summed E-state index contributed by atoms with van der Waals surface area (Å²) in [5.41, 5.74) is 2.64. The van der Waals surface area contributed by atoms with Crippen molar-refractivity contribution in [2.75, 3.05) is 0 Å². The highest BCUT2D eigenvalue weighted by molar-refractivity contribution is 6.11. The van der Waals surface area contributed by atoms with E-state index in [2.05, 4.69) is 15.5 Å². The number of aromatic nitrogens is 4. The average Bonchev–Trinajstić information content (AvgIpc) is 3.06. The number of rotatable bonds is 5. The molecule has 0 atom stereocenters. The molecule has 0 saturated heterocycles. The zero-order chi connectivity index (χ0) is 17.6. The minimum atomic E-state index is -0.355. The number of aryl methyl sites for hydroxylation is 1. The predicted octanol–water partition coefficient (Wildman–Crippen LogP) is 3.17. The number of benzene rings is 2.